The number of nitrogens with zero attached hydrogens (tertiary/aromatic N) is 4. The number of nitrogens with one attached hydrogen (secondary N) is 2. The van der Waals surface area contributed by atoms with Crippen LogP contribution in [0.2, 0.25) is 0 Å². The maximum Gasteiger partial charge on any atom is 0.245 e. The van der Waals surface area contributed by atoms with Gasteiger partial charge in [-0.05, 0) is 66.0 Å². The number of benzene rings is 2. The summed E-state index contributed by atoms with van der Waals surface area (Å²) < 4.78 is 0. The number of tetrazole rings is 1. The maximum absolute atomic E-state index is 13.7. The Bertz CT molecular complexity index is 1320. The lowest BCUT2D eigenvalue weighted by Gasteiger charge is -2.29. The first-order chi connectivity index (χ1) is 19.8. The number of nitrogens with two attached hydrogens (primary N) is 1. The van der Waals surface area contributed by atoms with E-state index < -0.39 is 23.8 Å². The molecule has 218 valence electrons. The molecule has 3 amide bonds. The smallest absolute Gasteiger partial charge is 0.245 e. The molecule has 2 heterocycles. The van der Waals surface area contributed by atoms with Crippen molar-refractivity contribution in [1.29, 1.82) is 0 Å². The van der Waals surface area contributed by atoms with E-state index in [1.54, 1.807) is 0 Å². The summed E-state index contributed by atoms with van der Waals surface area (Å²) >= 11 is 0. The van der Waals surface area contributed by atoms with Gasteiger partial charge in [-0.25, -0.2) is 0 Å². The minimum atomic E-state index is -0.626. The van der Waals surface area contributed by atoms with Gasteiger partial charge in [0.25, 0.3) is 0 Å². The van der Waals surface area contributed by atoms with Crippen molar-refractivity contribution in [3.05, 3.63) is 54.1 Å². The third-order valence-corrected chi connectivity index (χ3v) is 7.73. The van der Waals surface area contributed by atoms with Gasteiger partial charge in [0.15, 0.2) is 0 Å². The summed E-state index contributed by atoms with van der Waals surface area (Å²) in [7, 11) is 0. The molecule has 10 heteroatoms. The van der Waals surface area contributed by atoms with Gasteiger partial charge >= 0.3 is 0 Å². The molecule has 3 atom stereocenters. The summed E-state index contributed by atoms with van der Waals surface area (Å²) in [6.45, 7) is 7.06. The van der Waals surface area contributed by atoms with E-state index in [9.17, 15) is 14.4 Å². The van der Waals surface area contributed by atoms with Gasteiger partial charge in [0.1, 0.15) is 6.04 Å². The highest BCUT2D eigenvalue weighted by atomic mass is 16.2. The molecule has 1 fully saturated rings. The van der Waals surface area contributed by atoms with E-state index in [1.165, 1.54) is 0 Å². The number of aromatic nitrogens is 4. The monoisotopic (exact) mass is 559 g/mol. The molecule has 0 aliphatic carbocycles. The molecule has 0 spiro atoms. The highest BCUT2D eigenvalue weighted by Crippen LogP contribution is 2.31. The number of aromatic amines is 1. The molecule has 10 nitrogen and oxygen atoms in total. The van der Waals surface area contributed by atoms with Crippen molar-refractivity contribution < 1.29 is 14.4 Å². The van der Waals surface area contributed by atoms with Crippen molar-refractivity contribution in [1.82, 2.24) is 30.8 Å². The standard InChI is InChI=1S/C31H41N7O3/c1-4-10-25(26(28(32)39)17-20(2)3)30(40)33-27-15-7-8-16-38(31(27)41)19-21-11-9-12-22(18-21)23-13-5-6-14-24(23)29-34-36-37-35-29/h5-6,9,11-14,18,20,25-27H,4,7-8,10,15-17,19H2,1-3H3,(H2,32,39)(H,33,40)(H,34,35,36,37)/t25-,26-,27-/m0/s1. The van der Waals surface area contributed by atoms with Crippen LogP contribution in [0.25, 0.3) is 22.5 Å². The number of rotatable bonds is 12. The Hall–Kier alpha value is -4.08. The van der Waals surface area contributed by atoms with Crippen LogP contribution in [0.4, 0.5) is 0 Å². The Labute approximate surface area is 241 Å². The van der Waals surface area contributed by atoms with E-state index in [0.29, 0.717) is 38.2 Å². The first kappa shape index (κ1) is 29.9. The molecule has 41 heavy (non-hydrogen) atoms. The highest BCUT2D eigenvalue weighted by Gasteiger charge is 2.35. The zero-order valence-electron chi connectivity index (χ0n) is 24.2. The lowest BCUT2D eigenvalue weighted by atomic mass is 9.81. The maximum atomic E-state index is 13.7. The van der Waals surface area contributed by atoms with Crippen molar-refractivity contribution in [3.8, 4) is 22.5 Å². The Morgan fingerprint density at radius 3 is 2.56 bits per heavy atom. The highest BCUT2D eigenvalue weighted by molar-refractivity contribution is 5.91. The number of H-pyrrole nitrogens is 1. The van der Waals surface area contributed by atoms with E-state index >= 15 is 0 Å². The Balaban J connectivity index is 1.51. The number of hydrogen-bond donors (Lipinski definition) is 3. The molecule has 0 radical (unpaired) electrons. The third-order valence-electron chi connectivity index (χ3n) is 7.73. The molecule has 1 saturated heterocycles. The van der Waals surface area contributed by atoms with Crippen molar-refractivity contribution in [2.45, 2.75) is 71.9 Å². The van der Waals surface area contributed by atoms with Crippen molar-refractivity contribution in [3.63, 3.8) is 0 Å². The van der Waals surface area contributed by atoms with E-state index in [2.05, 4.69) is 32.0 Å². The van der Waals surface area contributed by atoms with Crippen LogP contribution in [-0.4, -0.2) is 55.8 Å². The fourth-order valence-electron chi connectivity index (χ4n) is 5.75. The average Bonchev–Trinajstić information content (AvgIpc) is 3.45. The summed E-state index contributed by atoms with van der Waals surface area (Å²) in [5.74, 6) is -1.16. The number of carbonyl (C=O) groups excluding carboxylic acids is 3. The zero-order valence-corrected chi connectivity index (χ0v) is 24.2. The summed E-state index contributed by atoms with van der Waals surface area (Å²) in [6, 6.07) is 15.3. The predicted octanol–water partition coefficient (Wildman–Crippen LogP) is 4.09. The molecule has 0 bridgehead atoms. The first-order valence-electron chi connectivity index (χ1n) is 14.6. The number of hydrogen-bond acceptors (Lipinski definition) is 6. The molecule has 0 unspecified atom stereocenters. The van der Waals surface area contributed by atoms with Crippen LogP contribution in [0.1, 0.15) is 64.9 Å². The molecule has 1 aromatic heterocycles. The van der Waals surface area contributed by atoms with Crippen LogP contribution < -0.4 is 11.1 Å². The minimum absolute atomic E-state index is 0.0943. The quantitative estimate of drug-likeness (QED) is 0.304. The molecule has 3 aromatic rings. The van der Waals surface area contributed by atoms with Gasteiger partial charge in [-0.1, -0.05) is 69.7 Å². The largest absolute Gasteiger partial charge is 0.369 e. The van der Waals surface area contributed by atoms with Crippen LogP contribution in [0.15, 0.2) is 48.5 Å². The predicted molar refractivity (Wildman–Crippen MR) is 157 cm³/mol. The summed E-state index contributed by atoms with van der Waals surface area (Å²) in [6.07, 6.45) is 4.10. The second kappa shape index (κ2) is 14.0. The van der Waals surface area contributed by atoms with Crippen molar-refractivity contribution in [2.75, 3.05) is 6.54 Å². The number of amides is 3. The van der Waals surface area contributed by atoms with Crippen molar-refractivity contribution in [2.24, 2.45) is 23.5 Å². The molecule has 2 aromatic carbocycles. The average molecular weight is 560 g/mol. The first-order valence-corrected chi connectivity index (χ1v) is 14.6. The van der Waals surface area contributed by atoms with Gasteiger partial charge < -0.3 is 16.0 Å². The third kappa shape index (κ3) is 7.56. The molecular weight excluding hydrogens is 518 g/mol. The molecule has 0 saturated carbocycles. The van der Waals surface area contributed by atoms with Gasteiger partial charge in [-0.15, -0.1) is 10.2 Å². The fraction of sp³-hybridized carbons (Fsp3) is 0.484. The van der Waals surface area contributed by atoms with Crippen LogP contribution in [0.3, 0.4) is 0 Å². The van der Waals surface area contributed by atoms with Crippen LogP contribution in [0, 0.1) is 17.8 Å². The summed E-state index contributed by atoms with van der Waals surface area (Å²) in [5.41, 5.74) is 9.53. The lowest BCUT2D eigenvalue weighted by Crippen LogP contribution is -2.50. The Kier molecular flexibility index (Phi) is 10.2. The van der Waals surface area contributed by atoms with Gasteiger partial charge in [0.05, 0.1) is 0 Å². The lowest BCUT2D eigenvalue weighted by molar-refractivity contribution is -0.139. The van der Waals surface area contributed by atoms with Gasteiger partial charge in [-0.2, -0.15) is 5.21 Å². The van der Waals surface area contributed by atoms with E-state index in [-0.39, 0.29) is 17.7 Å². The molecule has 1 aliphatic heterocycles. The molecule has 4 N–H and O–H groups in total. The zero-order chi connectivity index (χ0) is 29.4. The van der Waals surface area contributed by atoms with Gasteiger partial charge in [0, 0.05) is 30.5 Å². The Morgan fingerprint density at radius 1 is 1.10 bits per heavy atom. The molecular formula is C31H41N7O3. The van der Waals surface area contributed by atoms with Gasteiger partial charge in [-0.3, -0.25) is 14.4 Å². The van der Waals surface area contributed by atoms with E-state index in [0.717, 1.165) is 41.5 Å². The van der Waals surface area contributed by atoms with E-state index in [4.69, 9.17) is 5.73 Å². The van der Waals surface area contributed by atoms with E-state index in [1.807, 2.05) is 68.1 Å². The second-order valence-electron chi connectivity index (χ2n) is 11.3. The SMILES string of the molecule is CCC[C@H](C(=O)N[C@H]1CCCCN(Cc2cccc(-c3ccccc3-c3nn[nH]n3)c2)C1=O)[C@H](CC(C)C)C(N)=O. The number of likely N-dealkylation sites (tertiary alicyclic amines) is 1. The Morgan fingerprint density at radius 2 is 1.88 bits per heavy atom. The normalized spacial score (nSPS) is 17.2. The summed E-state index contributed by atoms with van der Waals surface area (Å²) in [5, 5.41) is 17.5. The molecule has 1 aliphatic rings. The topological polar surface area (TPSA) is 147 Å². The summed E-state index contributed by atoms with van der Waals surface area (Å²) in [4.78, 5) is 41.3. The van der Waals surface area contributed by atoms with Crippen LogP contribution in [0.5, 0.6) is 0 Å². The second-order valence-corrected chi connectivity index (χ2v) is 11.3. The van der Waals surface area contributed by atoms with Crippen LogP contribution in [-0.2, 0) is 20.9 Å². The molecule has 4 rings (SSSR count). The van der Waals surface area contributed by atoms with Crippen LogP contribution >= 0.6 is 0 Å². The minimum Gasteiger partial charge on any atom is -0.369 e. The van der Waals surface area contributed by atoms with Crippen molar-refractivity contribution >= 4 is 17.7 Å². The number of carbonyl (C=O) groups is 3. The fourth-order valence-corrected chi connectivity index (χ4v) is 5.75. The number of primary amides is 1. The van der Waals surface area contributed by atoms with Gasteiger partial charge in [0.2, 0.25) is 23.5 Å².